The Kier molecular flexibility index (Phi) is 11.1. The molecule has 0 bridgehead atoms. The molecule has 7 aromatic carbocycles. The van der Waals surface area contributed by atoms with Crippen molar-refractivity contribution in [2.24, 2.45) is 0 Å². The number of amides is 2. The minimum Gasteiger partial charge on any atom is -0.494 e. The molecule has 0 aromatic heterocycles. The van der Waals surface area contributed by atoms with E-state index in [1.165, 1.54) is 0 Å². The van der Waals surface area contributed by atoms with Crippen LogP contribution in [0.4, 0.5) is 0 Å². The predicted molar refractivity (Wildman–Crippen MR) is 222 cm³/mol. The van der Waals surface area contributed by atoms with Crippen molar-refractivity contribution in [1.29, 1.82) is 0 Å². The highest BCUT2D eigenvalue weighted by Crippen LogP contribution is 2.44. The molecule has 54 heavy (non-hydrogen) atoms. The Morgan fingerprint density at radius 3 is 1.30 bits per heavy atom. The number of rotatable bonds is 12. The summed E-state index contributed by atoms with van der Waals surface area (Å²) in [5.41, 5.74) is 3.85. The minimum absolute atomic E-state index is 0.0353. The van der Waals surface area contributed by atoms with Crippen molar-refractivity contribution in [3.63, 3.8) is 0 Å². The summed E-state index contributed by atoms with van der Waals surface area (Å²) >= 11 is 3.72. The topological polar surface area (TPSA) is 163 Å². The largest absolute Gasteiger partial charge is 0.494 e. The van der Waals surface area contributed by atoms with Crippen LogP contribution in [0, 0.1) is 0 Å². The van der Waals surface area contributed by atoms with Crippen LogP contribution in [0.25, 0.3) is 64.6 Å². The number of carbonyl (C=O) groups excluding carboxylic acids is 4. The van der Waals surface area contributed by atoms with Crippen LogP contribution in [0.5, 0.6) is 11.5 Å². The summed E-state index contributed by atoms with van der Waals surface area (Å²) in [6.45, 7) is 0.375. The first-order valence-corrected chi connectivity index (χ1v) is 20.0. The fraction of sp³-hybridized carbons (Fsp3) is 0.200. The summed E-state index contributed by atoms with van der Waals surface area (Å²) in [4.78, 5) is 84.2. The summed E-state index contributed by atoms with van der Waals surface area (Å²) in [6, 6.07) is 22.0. The van der Waals surface area contributed by atoms with Crippen LogP contribution >= 0.6 is 45.2 Å². The molecule has 274 valence electrons. The van der Waals surface area contributed by atoms with Crippen molar-refractivity contribution >= 4 is 134 Å². The summed E-state index contributed by atoms with van der Waals surface area (Å²) < 4.78 is 12.2. The van der Waals surface area contributed by atoms with Crippen molar-refractivity contribution in [3.05, 3.63) is 93.2 Å². The molecule has 0 atom stereocenters. The number of hydrogen-bond donors (Lipinski definition) is 2. The third-order valence-corrected chi connectivity index (χ3v) is 10.4. The fourth-order valence-electron chi connectivity index (χ4n) is 6.79. The summed E-state index contributed by atoms with van der Waals surface area (Å²) in [5, 5.41) is 8.50. The normalized spacial score (nSPS) is 11.4. The van der Waals surface area contributed by atoms with Crippen molar-refractivity contribution in [1.82, 2.24) is 11.0 Å². The standard InChI is InChI=1S/C40H30I2N2O10/c41-19-31(45)43-53-33(47)9-3-15-51-21-12-14-24-29(17-21)39(49)27-7-1-5-25-35-23-13-11-22(52-16-4-10-34(48)54-44-32(46)20-42)18-30(23)40(50)28-8-2-6-26(38(28)35)36(24)37(25)27/h1-2,5-8,11-14,17-18H,3-4,9-10,15-16,19-20H2,(H,43,45)(H,44,46). The average molecular weight is 952 g/mol. The molecule has 0 unspecified atom stereocenters. The van der Waals surface area contributed by atoms with Gasteiger partial charge < -0.3 is 19.1 Å². The van der Waals surface area contributed by atoms with E-state index in [4.69, 9.17) is 19.1 Å². The lowest BCUT2D eigenvalue weighted by Crippen LogP contribution is -2.27. The summed E-state index contributed by atoms with van der Waals surface area (Å²) in [6.07, 6.45) is 0.743. The third-order valence-electron chi connectivity index (χ3n) is 9.05. The number of fused-ring (bicyclic) bond motifs is 6. The van der Waals surface area contributed by atoms with E-state index in [0.29, 0.717) is 45.9 Å². The average Bonchev–Trinajstić information content (AvgIpc) is 3.19. The first-order valence-electron chi connectivity index (χ1n) is 16.9. The highest BCUT2D eigenvalue weighted by Gasteiger charge is 2.22. The molecule has 2 amide bonds. The van der Waals surface area contributed by atoms with Crippen LogP contribution in [0.1, 0.15) is 25.7 Å². The first kappa shape index (κ1) is 37.2. The van der Waals surface area contributed by atoms with Gasteiger partial charge in [-0.2, -0.15) is 11.0 Å². The smallest absolute Gasteiger partial charge is 0.332 e. The van der Waals surface area contributed by atoms with E-state index in [9.17, 15) is 28.8 Å². The number of halogens is 2. The molecule has 0 aliphatic heterocycles. The lowest BCUT2D eigenvalue weighted by Gasteiger charge is -2.18. The Balaban J connectivity index is 1.22. The lowest BCUT2D eigenvalue weighted by molar-refractivity contribution is -0.157. The quantitative estimate of drug-likeness (QED) is 0.0344. The van der Waals surface area contributed by atoms with Crippen molar-refractivity contribution in [2.75, 3.05) is 22.1 Å². The van der Waals surface area contributed by atoms with E-state index in [1.807, 2.05) is 93.7 Å². The number of carbonyl (C=O) groups is 4. The zero-order chi connectivity index (χ0) is 37.9. The predicted octanol–water partition coefficient (Wildman–Crippen LogP) is 6.54. The Morgan fingerprint density at radius 1 is 0.500 bits per heavy atom. The second-order valence-corrected chi connectivity index (χ2v) is 14.0. The number of nitrogens with one attached hydrogen (secondary N) is 2. The van der Waals surface area contributed by atoms with Gasteiger partial charge >= 0.3 is 11.9 Å². The van der Waals surface area contributed by atoms with Gasteiger partial charge in [0.1, 0.15) is 11.5 Å². The highest BCUT2D eigenvalue weighted by molar-refractivity contribution is 14.1. The molecule has 0 aliphatic rings. The fourth-order valence-corrected chi connectivity index (χ4v) is 7.10. The molecule has 0 aliphatic carbocycles. The second-order valence-electron chi connectivity index (χ2n) is 12.4. The minimum atomic E-state index is -0.580. The van der Waals surface area contributed by atoms with Gasteiger partial charge in [0.05, 0.1) is 34.9 Å². The lowest BCUT2D eigenvalue weighted by atomic mass is 9.85. The second kappa shape index (κ2) is 16.1. The Labute approximate surface area is 333 Å². The highest BCUT2D eigenvalue weighted by atomic mass is 127. The Bertz CT molecular complexity index is 2550. The van der Waals surface area contributed by atoms with Gasteiger partial charge in [-0.25, -0.2) is 9.59 Å². The number of alkyl halides is 2. The van der Waals surface area contributed by atoms with Crippen LogP contribution in [0.3, 0.4) is 0 Å². The van der Waals surface area contributed by atoms with Crippen LogP contribution in [-0.4, -0.2) is 45.8 Å². The van der Waals surface area contributed by atoms with Gasteiger partial charge in [-0.15, -0.1) is 0 Å². The van der Waals surface area contributed by atoms with Crippen molar-refractivity contribution in [2.45, 2.75) is 25.7 Å². The molecule has 0 fully saturated rings. The molecule has 0 saturated heterocycles. The molecule has 0 saturated carbocycles. The SMILES string of the molecule is O=C(CI)NOC(=O)CCCOc1ccc2c(c1)c(=O)c1cccc3c1c2c1cccc2c(=O)c4cc(OCCCC(=O)ONC(=O)CI)ccc4c3c21. The maximum absolute atomic E-state index is 14.2. The van der Waals surface area contributed by atoms with Gasteiger partial charge in [0.25, 0.3) is 11.8 Å². The summed E-state index contributed by atoms with van der Waals surface area (Å²) in [5.74, 6) is -1.04. The molecule has 7 aromatic rings. The van der Waals surface area contributed by atoms with Crippen LogP contribution in [-0.2, 0) is 28.9 Å². The van der Waals surface area contributed by atoms with Gasteiger partial charge in [-0.3, -0.25) is 19.2 Å². The molecule has 14 heteroatoms. The molecular weight excluding hydrogens is 922 g/mol. The van der Waals surface area contributed by atoms with Gasteiger partial charge in [-0.1, -0.05) is 81.6 Å². The van der Waals surface area contributed by atoms with E-state index in [1.54, 1.807) is 24.3 Å². The van der Waals surface area contributed by atoms with Crippen LogP contribution < -0.4 is 31.3 Å². The Hall–Kier alpha value is -5.10. The van der Waals surface area contributed by atoms with E-state index in [-0.39, 0.29) is 45.8 Å². The van der Waals surface area contributed by atoms with Gasteiger partial charge in [0.15, 0.2) is 10.9 Å². The zero-order valence-electron chi connectivity index (χ0n) is 28.4. The monoisotopic (exact) mass is 952 g/mol. The van der Waals surface area contributed by atoms with Crippen LogP contribution in [0.2, 0.25) is 0 Å². The molecular formula is C40H30I2N2O10. The molecule has 2 N–H and O–H groups in total. The molecule has 0 radical (unpaired) electrons. The molecule has 12 nitrogen and oxygen atoms in total. The third kappa shape index (κ3) is 7.23. The first-order chi connectivity index (χ1) is 26.2. The maximum Gasteiger partial charge on any atom is 0.332 e. The van der Waals surface area contributed by atoms with Gasteiger partial charge in [0, 0.05) is 32.3 Å². The van der Waals surface area contributed by atoms with E-state index in [2.05, 4.69) is 11.0 Å². The van der Waals surface area contributed by atoms with Crippen molar-refractivity contribution < 1.29 is 38.3 Å². The van der Waals surface area contributed by atoms with E-state index >= 15 is 0 Å². The van der Waals surface area contributed by atoms with Gasteiger partial charge in [0.2, 0.25) is 0 Å². The Morgan fingerprint density at radius 2 is 0.889 bits per heavy atom. The molecule has 7 rings (SSSR count). The summed E-state index contributed by atoms with van der Waals surface area (Å²) in [7, 11) is 0. The van der Waals surface area contributed by atoms with E-state index in [0.717, 1.165) is 43.1 Å². The number of hydroxylamine groups is 2. The number of ether oxygens (including phenoxy) is 2. The molecule has 0 heterocycles. The van der Waals surface area contributed by atoms with Crippen molar-refractivity contribution in [3.8, 4) is 11.5 Å². The maximum atomic E-state index is 14.2. The number of hydrogen-bond acceptors (Lipinski definition) is 10. The zero-order valence-corrected chi connectivity index (χ0v) is 32.7. The number of benzene rings is 7. The van der Waals surface area contributed by atoms with Crippen LogP contribution in [0.15, 0.2) is 82.4 Å². The van der Waals surface area contributed by atoms with Gasteiger partial charge in [-0.05, 0) is 81.6 Å². The molecule has 0 spiro atoms. The van der Waals surface area contributed by atoms with E-state index < -0.39 is 23.8 Å².